The predicted molar refractivity (Wildman–Crippen MR) is 149 cm³/mol. The minimum Gasteiger partial charge on any atom is -0.388 e. The number of amides is 3. The molecule has 0 bridgehead atoms. The molecule has 1 aliphatic rings. The monoisotopic (exact) mass is 544 g/mol. The molecule has 1 saturated heterocycles. The maximum Gasteiger partial charge on any atom is 0.319 e. The molecule has 0 saturated carbocycles. The van der Waals surface area contributed by atoms with Gasteiger partial charge in [0.1, 0.15) is 11.7 Å². The lowest BCUT2D eigenvalue weighted by molar-refractivity contribution is -0.0282. The van der Waals surface area contributed by atoms with Gasteiger partial charge >= 0.3 is 6.03 Å². The van der Waals surface area contributed by atoms with Gasteiger partial charge in [-0.25, -0.2) is 14.5 Å². The van der Waals surface area contributed by atoms with Crippen LogP contribution in [0.4, 0.5) is 4.79 Å². The summed E-state index contributed by atoms with van der Waals surface area (Å²) in [7, 11) is 6.81. The molecule has 0 radical (unpaired) electrons. The molecule has 3 amide bonds. The SMILES string of the molecule is CN(C)C(=O)c1ccc(-c2cncc(-n3ncc4c(=O)n(CC5(O)CCN(C(=O)N(C)C)CC5)cnc43)c2)cc1. The molecule has 12 nitrogen and oxygen atoms in total. The number of aliphatic hydroxyl groups is 1. The van der Waals surface area contributed by atoms with Crippen LogP contribution in [-0.4, -0.2) is 103 Å². The van der Waals surface area contributed by atoms with E-state index in [-0.39, 0.29) is 24.0 Å². The molecule has 0 aliphatic carbocycles. The molecule has 4 heterocycles. The normalized spacial score (nSPS) is 14.8. The topological polar surface area (TPSA) is 130 Å². The number of urea groups is 1. The number of carbonyl (C=O) groups excluding carboxylic acids is 2. The van der Waals surface area contributed by atoms with Gasteiger partial charge < -0.3 is 19.8 Å². The molecule has 0 atom stereocenters. The second kappa shape index (κ2) is 10.5. The minimum absolute atomic E-state index is 0.0739. The van der Waals surface area contributed by atoms with Gasteiger partial charge in [-0.1, -0.05) is 12.1 Å². The Labute approximate surface area is 231 Å². The van der Waals surface area contributed by atoms with Crippen molar-refractivity contribution in [1.29, 1.82) is 0 Å². The van der Waals surface area contributed by atoms with E-state index in [0.29, 0.717) is 48.2 Å². The average molecular weight is 545 g/mol. The summed E-state index contributed by atoms with van der Waals surface area (Å²) in [6.07, 6.45) is 6.97. The number of fused-ring (bicyclic) bond motifs is 1. The van der Waals surface area contributed by atoms with Gasteiger partial charge in [-0.2, -0.15) is 5.10 Å². The number of aromatic nitrogens is 5. The van der Waals surface area contributed by atoms with Gasteiger partial charge in [-0.3, -0.25) is 19.1 Å². The highest BCUT2D eigenvalue weighted by atomic mass is 16.3. The van der Waals surface area contributed by atoms with Crippen molar-refractivity contribution in [3.63, 3.8) is 0 Å². The lowest BCUT2D eigenvalue weighted by Gasteiger charge is -2.39. The van der Waals surface area contributed by atoms with Crippen molar-refractivity contribution in [3.05, 3.63) is 71.2 Å². The molecule has 1 aromatic carbocycles. The lowest BCUT2D eigenvalue weighted by atomic mass is 9.91. The molecule has 208 valence electrons. The Balaban J connectivity index is 1.37. The Kier molecular flexibility index (Phi) is 7.11. The Morgan fingerprint density at radius 2 is 1.68 bits per heavy atom. The zero-order valence-corrected chi connectivity index (χ0v) is 23.0. The summed E-state index contributed by atoms with van der Waals surface area (Å²) in [5.41, 5.74) is 1.87. The van der Waals surface area contributed by atoms with Gasteiger partial charge in [0, 0.05) is 58.6 Å². The highest BCUT2D eigenvalue weighted by Crippen LogP contribution is 2.25. The largest absolute Gasteiger partial charge is 0.388 e. The first-order chi connectivity index (χ1) is 19.1. The summed E-state index contributed by atoms with van der Waals surface area (Å²) in [6, 6.07) is 9.07. The Hall–Kier alpha value is -4.58. The molecule has 40 heavy (non-hydrogen) atoms. The number of rotatable bonds is 5. The predicted octanol–water partition coefficient (Wildman–Crippen LogP) is 1.85. The number of piperidine rings is 1. The molecular formula is C28H32N8O4. The molecule has 1 aliphatic heterocycles. The maximum absolute atomic E-state index is 13.3. The summed E-state index contributed by atoms with van der Waals surface area (Å²) in [4.78, 5) is 51.3. The molecule has 12 heteroatoms. The van der Waals surface area contributed by atoms with E-state index in [1.165, 1.54) is 26.9 Å². The zero-order chi connectivity index (χ0) is 28.6. The average Bonchev–Trinajstić information content (AvgIpc) is 3.39. The second-order valence-electron chi connectivity index (χ2n) is 10.6. The summed E-state index contributed by atoms with van der Waals surface area (Å²) >= 11 is 0. The van der Waals surface area contributed by atoms with Crippen molar-refractivity contribution < 1.29 is 14.7 Å². The fraction of sp³-hybridized carbons (Fsp3) is 0.357. The number of nitrogens with zero attached hydrogens (tertiary/aromatic N) is 8. The maximum atomic E-state index is 13.3. The fourth-order valence-corrected chi connectivity index (χ4v) is 4.89. The zero-order valence-electron chi connectivity index (χ0n) is 23.0. The van der Waals surface area contributed by atoms with Gasteiger partial charge in [-0.15, -0.1) is 0 Å². The van der Waals surface area contributed by atoms with E-state index in [9.17, 15) is 19.5 Å². The molecule has 0 spiro atoms. The van der Waals surface area contributed by atoms with Crippen molar-refractivity contribution in [2.45, 2.75) is 25.0 Å². The number of pyridine rings is 1. The van der Waals surface area contributed by atoms with E-state index in [0.717, 1.165) is 11.1 Å². The van der Waals surface area contributed by atoms with Gasteiger partial charge in [-0.05, 0) is 36.6 Å². The van der Waals surface area contributed by atoms with Gasteiger partial charge in [0.2, 0.25) is 0 Å². The number of likely N-dealkylation sites (tertiary alicyclic amines) is 1. The fourth-order valence-electron chi connectivity index (χ4n) is 4.89. The van der Waals surface area contributed by atoms with E-state index >= 15 is 0 Å². The molecule has 1 fully saturated rings. The van der Waals surface area contributed by atoms with Gasteiger partial charge in [0.25, 0.3) is 11.5 Å². The van der Waals surface area contributed by atoms with Crippen LogP contribution in [0, 0.1) is 0 Å². The number of carbonyl (C=O) groups is 2. The third kappa shape index (κ3) is 5.17. The van der Waals surface area contributed by atoms with Crippen LogP contribution >= 0.6 is 0 Å². The van der Waals surface area contributed by atoms with Crippen LogP contribution in [0.15, 0.2) is 60.0 Å². The summed E-state index contributed by atoms with van der Waals surface area (Å²) in [5.74, 6) is -0.0739. The first kappa shape index (κ1) is 27.0. The molecule has 4 aromatic rings. The van der Waals surface area contributed by atoms with E-state index in [4.69, 9.17) is 0 Å². The van der Waals surface area contributed by atoms with E-state index in [2.05, 4.69) is 15.1 Å². The van der Waals surface area contributed by atoms with Crippen molar-refractivity contribution in [2.75, 3.05) is 41.3 Å². The van der Waals surface area contributed by atoms with E-state index < -0.39 is 5.60 Å². The summed E-state index contributed by atoms with van der Waals surface area (Å²) in [5, 5.41) is 15.9. The third-order valence-corrected chi connectivity index (χ3v) is 7.21. The van der Waals surface area contributed by atoms with Crippen LogP contribution in [0.5, 0.6) is 0 Å². The molecular weight excluding hydrogens is 512 g/mol. The van der Waals surface area contributed by atoms with Crippen LogP contribution in [0.3, 0.4) is 0 Å². The number of hydrogen-bond acceptors (Lipinski definition) is 7. The lowest BCUT2D eigenvalue weighted by Crippen LogP contribution is -2.51. The van der Waals surface area contributed by atoms with E-state index in [1.54, 1.807) is 62.3 Å². The van der Waals surface area contributed by atoms with Crippen LogP contribution in [0.1, 0.15) is 23.2 Å². The standard InChI is InChI=1S/C28H32N8O4/c1-32(2)25(37)20-7-5-19(6-8-20)21-13-22(15-29-14-21)36-24-23(16-31-36)26(38)35(18-30-24)17-28(40)9-11-34(12-10-28)27(39)33(3)4/h5-8,13-16,18,40H,9-12,17H2,1-4H3. The highest BCUT2D eigenvalue weighted by Gasteiger charge is 2.35. The number of hydrogen-bond donors (Lipinski definition) is 1. The van der Waals surface area contributed by atoms with Crippen LogP contribution < -0.4 is 5.56 Å². The van der Waals surface area contributed by atoms with Gasteiger partial charge in [0.05, 0.1) is 30.2 Å². The van der Waals surface area contributed by atoms with Crippen LogP contribution in [0.25, 0.3) is 27.8 Å². The van der Waals surface area contributed by atoms with Crippen molar-refractivity contribution in [1.82, 2.24) is 39.0 Å². The second-order valence-corrected chi connectivity index (χ2v) is 10.6. The Morgan fingerprint density at radius 3 is 2.33 bits per heavy atom. The van der Waals surface area contributed by atoms with Gasteiger partial charge in [0.15, 0.2) is 5.65 Å². The number of benzene rings is 1. The molecule has 0 unspecified atom stereocenters. The molecule has 3 aromatic heterocycles. The van der Waals surface area contributed by atoms with Crippen molar-refractivity contribution >= 4 is 23.0 Å². The summed E-state index contributed by atoms with van der Waals surface area (Å²) in [6.45, 7) is 0.898. The summed E-state index contributed by atoms with van der Waals surface area (Å²) < 4.78 is 2.96. The minimum atomic E-state index is -1.12. The van der Waals surface area contributed by atoms with Crippen LogP contribution in [0.2, 0.25) is 0 Å². The quantitative estimate of drug-likeness (QED) is 0.406. The first-order valence-corrected chi connectivity index (χ1v) is 13.0. The molecule has 1 N–H and O–H groups in total. The van der Waals surface area contributed by atoms with E-state index in [1.807, 2.05) is 18.2 Å². The first-order valence-electron chi connectivity index (χ1n) is 13.0. The smallest absolute Gasteiger partial charge is 0.319 e. The van der Waals surface area contributed by atoms with Crippen LogP contribution in [-0.2, 0) is 6.54 Å². The highest BCUT2D eigenvalue weighted by molar-refractivity contribution is 5.94. The van der Waals surface area contributed by atoms with Crippen molar-refractivity contribution in [2.24, 2.45) is 0 Å². The Morgan fingerprint density at radius 1 is 0.975 bits per heavy atom. The third-order valence-electron chi connectivity index (χ3n) is 7.21. The van der Waals surface area contributed by atoms with Crippen molar-refractivity contribution in [3.8, 4) is 16.8 Å². The molecule has 5 rings (SSSR count). The Bertz CT molecular complexity index is 1620.